The van der Waals surface area contributed by atoms with Gasteiger partial charge in [-0.2, -0.15) is 5.10 Å². The van der Waals surface area contributed by atoms with Crippen LogP contribution in [0, 0.1) is 13.8 Å². The summed E-state index contributed by atoms with van der Waals surface area (Å²) in [6, 6.07) is 1.86. The number of ether oxygens (including phenoxy) is 2. The summed E-state index contributed by atoms with van der Waals surface area (Å²) < 4.78 is 12.4. The maximum absolute atomic E-state index is 12.6. The summed E-state index contributed by atoms with van der Waals surface area (Å²) in [7, 11) is 1.61. The van der Waals surface area contributed by atoms with Crippen molar-refractivity contribution in [1.29, 1.82) is 0 Å². The van der Waals surface area contributed by atoms with Crippen LogP contribution in [0.15, 0.2) is 6.07 Å². The molecule has 8 heteroatoms. The maximum Gasteiger partial charge on any atom is 0.249 e. The second-order valence-corrected chi connectivity index (χ2v) is 6.38. The molecule has 2 atom stereocenters. The van der Waals surface area contributed by atoms with Gasteiger partial charge in [0.1, 0.15) is 13.2 Å². The number of hydrogen-bond acceptors (Lipinski definition) is 5. The topological polar surface area (TPSA) is 76.9 Å². The number of fused-ring (bicyclic) bond motifs is 1. The Hall–Kier alpha value is -1.93. The summed E-state index contributed by atoms with van der Waals surface area (Å²) in [5, 5.41) is 4.34. The van der Waals surface area contributed by atoms with Crippen molar-refractivity contribution in [2.45, 2.75) is 32.5 Å². The molecule has 0 bridgehead atoms. The SMILES string of the molecule is COCCN1C(=O)CO[C@H]2CN(C(=O)Cn3nc(C)cc3C)C[C@@H]21. The minimum Gasteiger partial charge on any atom is -0.383 e. The van der Waals surface area contributed by atoms with E-state index in [1.54, 1.807) is 21.6 Å². The molecule has 0 aromatic carbocycles. The number of aromatic nitrogens is 2. The zero-order valence-corrected chi connectivity index (χ0v) is 14.4. The Balaban J connectivity index is 1.65. The van der Waals surface area contributed by atoms with Gasteiger partial charge in [0.05, 0.1) is 24.4 Å². The van der Waals surface area contributed by atoms with E-state index in [2.05, 4.69) is 5.10 Å². The van der Waals surface area contributed by atoms with E-state index >= 15 is 0 Å². The summed E-state index contributed by atoms with van der Waals surface area (Å²) in [6.45, 7) is 6.15. The number of carbonyl (C=O) groups is 2. The van der Waals surface area contributed by atoms with E-state index in [9.17, 15) is 9.59 Å². The van der Waals surface area contributed by atoms with Crippen molar-refractivity contribution in [2.24, 2.45) is 0 Å². The molecule has 2 aliphatic heterocycles. The fourth-order valence-electron chi connectivity index (χ4n) is 3.41. The number of nitrogens with zero attached hydrogens (tertiary/aromatic N) is 4. The third-order valence-corrected chi connectivity index (χ3v) is 4.66. The smallest absolute Gasteiger partial charge is 0.249 e. The number of rotatable bonds is 5. The van der Waals surface area contributed by atoms with Crippen LogP contribution in [-0.2, 0) is 25.6 Å². The van der Waals surface area contributed by atoms with Crippen molar-refractivity contribution in [3.63, 3.8) is 0 Å². The minimum atomic E-state index is -0.121. The van der Waals surface area contributed by atoms with E-state index in [1.807, 2.05) is 19.9 Å². The van der Waals surface area contributed by atoms with Gasteiger partial charge in [0.15, 0.2) is 0 Å². The number of amides is 2. The van der Waals surface area contributed by atoms with Crippen molar-refractivity contribution in [3.8, 4) is 0 Å². The van der Waals surface area contributed by atoms with Gasteiger partial charge >= 0.3 is 0 Å². The lowest BCUT2D eigenvalue weighted by atomic mass is 10.1. The molecule has 132 valence electrons. The van der Waals surface area contributed by atoms with Crippen LogP contribution in [0.5, 0.6) is 0 Å². The monoisotopic (exact) mass is 336 g/mol. The highest BCUT2D eigenvalue weighted by atomic mass is 16.5. The Morgan fingerprint density at radius 3 is 2.88 bits per heavy atom. The normalized spacial score (nSPS) is 23.7. The Labute approximate surface area is 141 Å². The summed E-state index contributed by atoms with van der Waals surface area (Å²) in [5.74, 6) is -0.0421. The number of hydrogen-bond donors (Lipinski definition) is 0. The third-order valence-electron chi connectivity index (χ3n) is 4.66. The number of aryl methyl sites for hydroxylation is 2. The molecule has 2 saturated heterocycles. The fraction of sp³-hybridized carbons (Fsp3) is 0.688. The van der Waals surface area contributed by atoms with E-state index in [4.69, 9.17) is 9.47 Å². The lowest BCUT2D eigenvalue weighted by Crippen LogP contribution is -2.54. The van der Waals surface area contributed by atoms with E-state index in [0.717, 1.165) is 11.4 Å². The average molecular weight is 336 g/mol. The molecule has 1 aromatic heterocycles. The molecule has 0 spiro atoms. The van der Waals surface area contributed by atoms with Crippen LogP contribution in [-0.4, -0.2) is 83.5 Å². The van der Waals surface area contributed by atoms with Gasteiger partial charge in [0.2, 0.25) is 11.8 Å². The van der Waals surface area contributed by atoms with E-state index in [-0.39, 0.29) is 37.1 Å². The first-order chi connectivity index (χ1) is 11.5. The first kappa shape index (κ1) is 16.9. The highest BCUT2D eigenvalue weighted by Crippen LogP contribution is 2.23. The molecule has 0 saturated carbocycles. The quantitative estimate of drug-likeness (QED) is 0.730. The highest BCUT2D eigenvalue weighted by molar-refractivity contribution is 5.80. The number of morpholine rings is 1. The van der Waals surface area contributed by atoms with Crippen LogP contribution < -0.4 is 0 Å². The second kappa shape index (κ2) is 6.90. The van der Waals surface area contributed by atoms with Crippen LogP contribution in [0.2, 0.25) is 0 Å². The second-order valence-electron chi connectivity index (χ2n) is 6.38. The van der Waals surface area contributed by atoms with Gasteiger partial charge in [-0.25, -0.2) is 0 Å². The number of methoxy groups -OCH3 is 1. The molecule has 3 rings (SSSR count). The number of likely N-dealkylation sites (tertiary alicyclic amines) is 1. The zero-order valence-electron chi connectivity index (χ0n) is 14.4. The first-order valence-corrected chi connectivity index (χ1v) is 8.18. The molecule has 2 amide bonds. The predicted molar refractivity (Wildman–Crippen MR) is 85.4 cm³/mol. The molecular weight excluding hydrogens is 312 g/mol. The van der Waals surface area contributed by atoms with Crippen LogP contribution >= 0.6 is 0 Å². The van der Waals surface area contributed by atoms with Crippen LogP contribution in [0.4, 0.5) is 0 Å². The molecule has 3 heterocycles. The Morgan fingerprint density at radius 1 is 1.42 bits per heavy atom. The summed E-state index contributed by atoms with van der Waals surface area (Å²) >= 11 is 0. The molecule has 8 nitrogen and oxygen atoms in total. The largest absolute Gasteiger partial charge is 0.383 e. The average Bonchev–Trinajstić information content (AvgIpc) is 3.10. The molecule has 0 N–H and O–H groups in total. The molecule has 0 radical (unpaired) electrons. The predicted octanol–water partition coefficient (Wildman–Crippen LogP) is -0.415. The van der Waals surface area contributed by atoms with Crippen LogP contribution in [0.25, 0.3) is 0 Å². The summed E-state index contributed by atoms with van der Waals surface area (Å²) in [4.78, 5) is 28.2. The minimum absolute atomic E-state index is 0.00154. The maximum atomic E-state index is 12.6. The summed E-state index contributed by atoms with van der Waals surface area (Å²) in [6.07, 6.45) is -0.121. The van der Waals surface area contributed by atoms with Gasteiger partial charge in [0.25, 0.3) is 0 Å². The van der Waals surface area contributed by atoms with E-state index in [0.29, 0.717) is 26.2 Å². The standard InChI is InChI=1S/C16H24N4O4/c1-11-6-12(2)20(17-11)9-15(21)18-7-13-14(8-18)24-10-16(22)19(13)4-5-23-3/h6,13-14H,4-5,7-10H2,1-3H3/t13-,14-/m0/s1. The van der Waals surface area contributed by atoms with Gasteiger partial charge in [-0.15, -0.1) is 0 Å². The van der Waals surface area contributed by atoms with Gasteiger partial charge in [-0.1, -0.05) is 0 Å². The van der Waals surface area contributed by atoms with Crippen molar-refractivity contribution >= 4 is 11.8 Å². The molecule has 24 heavy (non-hydrogen) atoms. The molecule has 0 aliphatic carbocycles. The molecule has 2 aliphatic rings. The van der Waals surface area contributed by atoms with Crippen molar-refractivity contribution in [1.82, 2.24) is 19.6 Å². The van der Waals surface area contributed by atoms with Crippen LogP contribution in [0.3, 0.4) is 0 Å². The van der Waals surface area contributed by atoms with E-state index in [1.165, 1.54) is 0 Å². The third kappa shape index (κ3) is 3.29. The fourth-order valence-corrected chi connectivity index (χ4v) is 3.41. The van der Waals surface area contributed by atoms with E-state index < -0.39 is 0 Å². The summed E-state index contributed by atoms with van der Waals surface area (Å²) in [5.41, 5.74) is 1.86. The number of carbonyl (C=O) groups excluding carboxylic acids is 2. The van der Waals surface area contributed by atoms with Crippen LogP contribution in [0.1, 0.15) is 11.4 Å². The van der Waals surface area contributed by atoms with Gasteiger partial charge in [0, 0.05) is 32.4 Å². The molecule has 0 unspecified atom stereocenters. The van der Waals surface area contributed by atoms with Crippen molar-refractivity contribution in [3.05, 3.63) is 17.5 Å². The Bertz CT molecular complexity index is 630. The van der Waals surface area contributed by atoms with Gasteiger partial charge in [-0.05, 0) is 19.9 Å². The highest BCUT2D eigenvalue weighted by Gasteiger charge is 2.44. The van der Waals surface area contributed by atoms with Crippen molar-refractivity contribution < 1.29 is 19.1 Å². The Kier molecular flexibility index (Phi) is 4.86. The molecule has 1 aromatic rings. The van der Waals surface area contributed by atoms with Gasteiger partial charge in [-0.3, -0.25) is 14.3 Å². The lowest BCUT2D eigenvalue weighted by molar-refractivity contribution is -0.153. The lowest BCUT2D eigenvalue weighted by Gasteiger charge is -2.36. The first-order valence-electron chi connectivity index (χ1n) is 8.18. The molecular formula is C16H24N4O4. The zero-order chi connectivity index (χ0) is 17.3. The van der Waals surface area contributed by atoms with Gasteiger partial charge < -0.3 is 19.3 Å². The van der Waals surface area contributed by atoms with Crippen molar-refractivity contribution in [2.75, 3.05) is 40.0 Å². The Morgan fingerprint density at radius 2 is 2.21 bits per heavy atom. The molecule has 2 fully saturated rings.